The molecule has 7 heteroatoms. The fraction of sp³-hybridized carbons (Fsp3) is 0.385. The number of hydrogen-bond donors (Lipinski definition) is 0. The number of carbonyl (C=O) groups excluding carboxylic acids is 1. The Bertz CT molecular complexity index is 1230. The number of aromatic nitrogens is 2. The van der Waals surface area contributed by atoms with Crippen LogP contribution in [-0.4, -0.2) is 65.9 Å². The molecule has 1 aromatic carbocycles. The van der Waals surface area contributed by atoms with Crippen LogP contribution in [0.1, 0.15) is 34.8 Å². The van der Waals surface area contributed by atoms with Crippen molar-refractivity contribution >= 4 is 38.8 Å². The highest BCUT2D eigenvalue weighted by molar-refractivity contribution is 7.19. The lowest BCUT2D eigenvalue weighted by molar-refractivity contribution is 0.0753. The van der Waals surface area contributed by atoms with E-state index >= 15 is 0 Å². The summed E-state index contributed by atoms with van der Waals surface area (Å²) in [5.41, 5.74) is 2.61. The van der Waals surface area contributed by atoms with Crippen molar-refractivity contribution in [3.63, 3.8) is 0 Å². The van der Waals surface area contributed by atoms with Gasteiger partial charge in [0.1, 0.15) is 11.5 Å². The summed E-state index contributed by atoms with van der Waals surface area (Å²) < 4.78 is 3.39. The SMILES string of the molecule is CCc1nc2ccc(C(=O)N(CC)CCN(C)C)cn2c1N(C)Cc1cc2ccccc2s1. The number of carbonyl (C=O) groups is 1. The lowest BCUT2D eigenvalue weighted by Crippen LogP contribution is -2.36. The molecule has 0 fully saturated rings. The van der Waals surface area contributed by atoms with Crippen molar-refractivity contribution in [3.8, 4) is 0 Å². The van der Waals surface area contributed by atoms with Crippen molar-refractivity contribution in [2.24, 2.45) is 0 Å². The highest BCUT2D eigenvalue weighted by Crippen LogP contribution is 2.29. The Morgan fingerprint density at radius 1 is 1.06 bits per heavy atom. The first-order valence-electron chi connectivity index (χ1n) is 11.5. The average Bonchev–Trinajstić information content (AvgIpc) is 3.38. The van der Waals surface area contributed by atoms with E-state index in [0.717, 1.165) is 36.7 Å². The van der Waals surface area contributed by atoms with E-state index in [-0.39, 0.29) is 5.91 Å². The number of amides is 1. The summed E-state index contributed by atoms with van der Waals surface area (Å²) in [5, 5.41) is 1.28. The van der Waals surface area contributed by atoms with Crippen LogP contribution >= 0.6 is 11.3 Å². The van der Waals surface area contributed by atoms with Crippen LogP contribution in [0.4, 0.5) is 5.82 Å². The molecule has 0 N–H and O–H groups in total. The van der Waals surface area contributed by atoms with E-state index in [0.29, 0.717) is 18.7 Å². The van der Waals surface area contributed by atoms with Gasteiger partial charge in [-0.05, 0) is 57.1 Å². The molecule has 0 aliphatic carbocycles. The van der Waals surface area contributed by atoms with Crippen LogP contribution in [0.15, 0.2) is 48.7 Å². The minimum Gasteiger partial charge on any atom is -0.354 e. The van der Waals surface area contributed by atoms with Crippen LogP contribution in [0.2, 0.25) is 0 Å². The molecule has 0 aliphatic heterocycles. The maximum absolute atomic E-state index is 13.2. The first-order chi connectivity index (χ1) is 15.9. The molecule has 33 heavy (non-hydrogen) atoms. The predicted octanol–water partition coefficient (Wildman–Crippen LogP) is 4.77. The second-order valence-electron chi connectivity index (χ2n) is 8.68. The highest BCUT2D eigenvalue weighted by Gasteiger charge is 2.20. The van der Waals surface area contributed by atoms with Gasteiger partial charge in [-0.1, -0.05) is 25.1 Å². The quantitative estimate of drug-likeness (QED) is 0.359. The number of aryl methyl sites for hydroxylation is 1. The van der Waals surface area contributed by atoms with Crippen LogP contribution in [0.3, 0.4) is 0 Å². The van der Waals surface area contributed by atoms with Gasteiger partial charge < -0.3 is 14.7 Å². The van der Waals surface area contributed by atoms with Crippen molar-refractivity contribution < 1.29 is 4.79 Å². The predicted molar refractivity (Wildman–Crippen MR) is 139 cm³/mol. The molecule has 0 saturated carbocycles. The average molecular weight is 464 g/mol. The minimum atomic E-state index is 0.0612. The zero-order valence-corrected chi connectivity index (χ0v) is 21.0. The number of anilines is 1. The molecule has 1 amide bonds. The van der Waals surface area contributed by atoms with Gasteiger partial charge in [0.2, 0.25) is 0 Å². The van der Waals surface area contributed by atoms with Crippen molar-refractivity contribution in [1.82, 2.24) is 19.2 Å². The Kier molecular flexibility index (Phi) is 7.00. The number of benzene rings is 1. The second-order valence-corrected chi connectivity index (χ2v) is 9.84. The fourth-order valence-electron chi connectivity index (χ4n) is 4.18. The van der Waals surface area contributed by atoms with Crippen molar-refractivity contribution in [1.29, 1.82) is 0 Å². The van der Waals surface area contributed by atoms with Crippen LogP contribution in [-0.2, 0) is 13.0 Å². The maximum atomic E-state index is 13.2. The number of thiophene rings is 1. The number of likely N-dealkylation sites (N-methyl/N-ethyl adjacent to an activating group) is 2. The molecule has 3 heterocycles. The number of rotatable bonds is 9. The largest absolute Gasteiger partial charge is 0.354 e. The minimum absolute atomic E-state index is 0.0612. The zero-order valence-electron chi connectivity index (χ0n) is 20.2. The molecule has 6 nitrogen and oxygen atoms in total. The Hall–Kier alpha value is -2.90. The number of nitrogens with zero attached hydrogens (tertiary/aromatic N) is 5. The fourth-order valence-corrected chi connectivity index (χ4v) is 5.30. The molecule has 3 aromatic heterocycles. The summed E-state index contributed by atoms with van der Waals surface area (Å²) in [6.07, 6.45) is 2.79. The number of fused-ring (bicyclic) bond motifs is 2. The molecule has 0 saturated heterocycles. The Balaban J connectivity index is 1.66. The van der Waals surface area contributed by atoms with Crippen molar-refractivity contribution in [2.45, 2.75) is 26.8 Å². The zero-order chi connectivity index (χ0) is 23.5. The lowest BCUT2D eigenvalue weighted by atomic mass is 10.2. The first-order valence-corrected chi connectivity index (χ1v) is 12.4. The van der Waals surface area contributed by atoms with Gasteiger partial charge in [0.25, 0.3) is 5.91 Å². The molecule has 0 bridgehead atoms. The number of hydrogen-bond acceptors (Lipinski definition) is 5. The normalized spacial score (nSPS) is 11.6. The molecule has 4 rings (SSSR count). The molecule has 4 aromatic rings. The second kappa shape index (κ2) is 9.93. The van der Waals surface area contributed by atoms with E-state index in [9.17, 15) is 4.79 Å². The highest BCUT2D eigenvalue weighted by atomic mass is 32.1. The Morgan fingerprint density at radius 2 is 1.85 bits per heavy atom. The number of imidazole rings is 1. The molecule has 0 unspecified atom stereocenters. The summed E-state index contributed by atoms with van der Waals surface area (Å²) >= 11 is 1.83. The lowest BCUT2D eigenvalue weighted by Gasteiger charge is -2.23. The monoisotopic (exact) mass is 463 g/mol. The third-order valence-corrected chi connectivity index (χ3v) is 7.06. The number of pyridine rings is 1. The van der Waals surface area contributed by atoms with E-state index in [2.05, 4.69) is 58.5 Å². The van der Waals surface area contributed by atoms with E-state index in [1.165, 1.54) is 15.0 Å². The van der Waals surface area contributed by atoms with Crippen LogP contribution < -0.4 is 4.90 Å². The topological polar surface area (TPSA) is 44.1 Å². The van der Waals surface area contributed by atoms with Gasteiger partial charge in [0.05, 0.1) is 17.8 Å². The van der Waals surface area contributed by atoms with E-state index in [1.807, 2.05) is 55.6 Å². The van der Waals surface area contributed by atoms with Gasteiger partial charge in [0, 0.05) is 42.5 Å². The van der Waals surface area contributed by atoms with Gasteiger partial charge in [-0.3, -0.25) is 9.20 Å². The van der Waals surface area contributed by atoms with Gasteiger partial charge in [-0.25, -0.2) is 4.98 Å². The third-order valence-electron chi connectivity index (χ3n) is 5.96. The third kappa shape index (κ3) is 4.89. The molecular formula is C26H33N5OS. The summed E-state index contributed by atoms with van der Waals surface area (Å²) in [7, 11) is 6.17. The van der Waals surface area contributed by atoms with Crippen LogP contribution in [0, 0.1) is 0 Å². The van der Waals surface area contributed by atoms with Gasteiger partial charge in [-0.15, -0.1) is 11.3 Å². The molecule has 0 aliphatic rings. The summed E-state index contributed by atoms with van der Waals surface area (Å²) in [6, 6.07) is 14.6. The summed E-state index contributed by atoms with van der Waals surface area (Å²) in [4.78, 5) is 25.7. The standard InChI is InChI=1S/C26H33N5OS/c1-6-22-25(29(5)18-21-16-19-10-8-9-11-23(19)33-21)31-17-20(12-13-24(31)27-22)26(32)30(7-2)15-14-28(3)4/h8-13,16-17H,6-7,14-15,18H2,1-5H3. The Labute approximate surface area is 200 Å². The summed E-state index contributed by atoms with van der Waals surface area (Å²) in [6.45, 7) is 7.20. The van der Waals surface area contributed by atoms with E-state index < -0.39 is 0 Å². The molecule has 0 radical (unpaired) electrons. The van der Waals surface area contributed by atoms with Crippen molar-refractivity contribution in [3.05, 3.63) is 64.8 Å². The molecule has 174 valence electrons. The molecule has 0 spiro atoms. The van der Waals surface area contributed by atoms with Gasteiger partial charge in [0.15, 0.2) is 0 Å². The molecular weight excluding hydrogens is 430 g/mol. The van der Waals surface area contributed by atoms with Gasteiger partial charge >= 0.3 is 0 Å². The van der Waals surface area contributed by atoms with Crippen LogP contribution in [0.25, 0.3) is 15.7 Å². The summed E-state index contributed by atoms with van der Waals surface area (Å²) in [5.74, 6) is 1.11. The van der Waals surface area contributed by atoms with Crippen molar-refractivity contribution in [2.75, 3.05) is 45.7 Å². The van der Waals surface area contributed by atoms with E-state index in [4.69, 9.17) is 4.98 Å². The Morgan fingerprint density at radius 3 is 2.55 bits per heavy atom. The smallest absolute Gasteiger partial charge is 0.255 e. The first kappa shape index (κ1) is 23.3. The maximum Gasteiger partial charge on any atom is 0.255 e. The molecule has 0 atom stereocenters. The van der Waals surface area contributed by atoms with E-state index in [1.54, 1.807) is 0 Å². The van der Waals surface area contributed by atoms with Crippen LogP contribution in [0.5, 0.6) is 0 Å². The van der Waals surface area contributed by atoms with Gasteiger partial charge in [-0.2, -0.15) is 0 Å².